The van der Waals surface area contributed by atoms with Crippen LogP contribution >= 0.6 is 34.3 Å². The molecule has 0 N–H and O–H groups in total. The van der Waals surface area contributed by atoms with Crippen LogP contribution in [0.5, 0.6) is 0 Å². The molecule has 3 aromatic rings. The van der Waals surface area contributed by atoms with Gasteiger partial charge in [0.1, 0.15) is 4.21 Å². The Bertz CT molecular complexity index is 1320. The molecular weight excluding hydrogens is 502 g/mol. The van der Waals surface area contributed by atoms with Crippen LogP contribution in [0.3, 0.4) is 0 Å². The molecule has 2 aromatic heterocycles. The molecule has 0 saturated carbocycles. The second-order valence-corrected chi connectivity index (χ2v) is 12.8. The number of aryl methyl sites for hydroxylation is 1. The van der Waals surface area contributed by atoms with E-state index in [4.69, 9.17) is 16.3 Å². The summed E-state index contributed by atoms with van der Waals surface area (Å²) in [5.74, 6) is -0.490. The number of ether oxygens (including phenoxy) is 1. The first-order valence-corrected chi connectivity index (χ1v) is 14.3. The van der Waals surface area contributed by atoms with Gasteiger partial charge >= 0.3 is 0 Å². The largest absolute Gasteiger partial charge is 0.380 e. The first kappa shape index (κ1) is 24.6. The molecule has 3 heterocycles. The molecule has 7 nitrogen and oxygen atoms in total. The van der Waals surface area contributed by atoms with Crippen LogP contribution in [-0.4, -0.2) is 49.5 Å². The predicted octanol–water partition coefficient (Wildman–Crippen LogP) is 4.29. The summed E-state index contributed by atoms with van der Waals surface area (Å²) in [4.78, 5) is 18.2. The van der Waals surface area contributed by atoms with Gasteiger partial charge in [0, 0.05) is 32.2 Å². The lowest BCUT2D eigenvalue weighted by molar-refractivity contribution is -0.122. The van der Waals surface area contributed by atoms with Gasteiger partial charge in [-0.3, -0.25) is 4.79 Å². The zero-order chi connectivity index (χ0) is 23.6. The van der Waals surface area contributed by atoms with E-state index in [-0.39, 0.29) is 16.0 Å². The fourth-order valence-electron chi connectivity index (χ4n) is 3.87. The summed E-state index contributed by atoms with van der Waals surface area (Å²) in [6.07, 6.45) is 0.896. The zero-order valence-electron chi connectivity index (χ0n) is 18.5. The van der Waals surface area contributed by atoms with Gasteiger partial charge in [0.2, 0.25) is 0 Å². The van der Waals surface area contributed by atoms with E-state index in [2.05, 4.69) is 23.2 Å². The first-order chi connectivity index (χ1) is 15.8. The Morgan fingerprint density at radius 2 is 1.97 bits per heavy atom. The van der Waals surface area contributed by atoms with E-state index in [0.717, 1.165) is 27.1 Å². The number of thiophene rings is 1. The fraction of sp³-hybridized carbons (Fsp3) is 0.455. The quantitative estimate of drug-likeness (QED) is 0.429. The van der Waals surface area contributed by atoms with Crippen LogP contribution in [-0.2, 0) is 26.1 Å². The number of aromatic nitrogens is 1. The maximum Gasteiger partial charge on any atom is 0.252 e. The van der Waals surface area contributed by atoms with Gasteiger partial charge in [-0.15, -0.1) is 11.3 Å². The SMILES string of the molecule is CCOCCn1c(=NC(=O)C2CCN(S(=O)(=O)c3ccc(Cl)s3)CC2)sc2cc(C)ccc21. The van der Waals surface area contributed by atoms with Gasteiger partial charge in [0.25, 0.3) is 15.9 Å². The van der Waals surface area contributed by atoms with Gasteiger partial charge in [-0.2, -0.15) is 9.30 Å². The lowest BCUT2D eigenvalue weighted by Gasteiger charge is -2.29. The monoisotopic (exact) mass is 527 g/mol. The van der Waals surface area contributed by atoms with Crippen molar-refractivity contribution in [2.45, 2.75) is 37.4 Å². The van der Waals surface area contributed by atoms with Gasteiger partial charge in [-0.05, 0) is 56.5 Å². The molecule has 178 valence electrons. The zero-order valence-corrected chi connectivity index (χ0v) is 21.7. The van der Waals surface area contributed by atoms with E-state index in [9.17, 15) is 13.2 Å². The number of hydrogen-bond acceptors (Lipinski definition) is 6. The highest BCUT2D eigenvalue weighted by atomic mass is 35.5. The first-order valence-electron chi connectivity index (χ1n) is 10.8. The molecule has 1 aliphatic heterocycles. The number of piperidine rings is 1. The summed E-state index contributed by atoms with van der Waals surface area (Å²) in [5.41, 5.74) is 2.19. The van der Waals surface area contributed by atoms with Crippen molar-refractivity contribution in [1.29, 1.82) is 0 Å². The number of amides is 1. The van der Waals surface area contributed by atoms with Crippen molar-refractivity contribution in [2.24, 2.45) is 10.9 Å². The van der Waals surface area contributed by atoms with Crippen molar-refractivity contribution < 1.29 is 17.9 Å². The fourth-order valence-corrected chi connectivity index (χ4v) is 8.14. The number of rotatable bonds is 7. The summed E-state index contributed by atoms with van der Waals surface area (Å²) < 4.78 is 36.4. The van der Waals surface area contributed by atoms with E-state index in [1.165, 1.54) is 21.7 Å². The molecule has 1 amide bonds. The van der Waals surface area contributed by atoms with E-state index in [1.54, 1.807) is 6.07 Å². The van der Waals surface area contributed by atoms with Crippen LogP contribution in [0.1, 0.15) is 25.3 Å². The number of sulfonamides is 1. The average molecular weight is 528 g/mol. The Labute approximate surface area is 206 Å². The highest BCUT2D eigenvalue weighted by Gasteiger charge is 2.33. The summed E-state index contributed by atoms with van der Waals surface area (Å²) in [5, 5.41) is 0. The third-order valence-electron chi connectivity index (χ3n) is 5.65. The van der Waals surface area contributed by atoms with Gasteiger partial charge in [0.05, 0.1) is 21.2 Å². The topological polar surface area (TPSA) is 81.0 Å². The molecule has 1 aliphatic rings. The molecule has 4 rings (SSSR count). The normalized spacial score (nSPS) is 16.6. The number of carbonyl (C=O) groups excluding carboxylic acids is 1. The number of benzene rings is 1. The lowest BCUT2D eigenvalue weighted by Crippen LogP contribution is -2.40. The smallest absolute Gasteiger partial charge is 0.252 e. The molecule has 0 radical (unpaired) electrons. The third kappa shape index (κ3) is 5.41. The van der Waals surface area contributed by atoms with Gasteiger partial charge in [-0.1, -0.05) is 29.0 Å². The van der Waals surface area contributed by atoms with Crippen molar-refractivity contribution in [3.63, 3.8) is 0 Å². The molecule has 0 spiro atoms. The average Bonchev–Trinajstić information content (AvgIpc) is 3.37. The molecule has 1 fully saturated rings. The van der Waals surface area contributed by atoms with Crippen LogP contribution in [0.2, 0.25) is 4.34 Å². The van der Waals surface area contributed by atoms with Crippen LogP contribution in [0, 0.1) is 12.8 Å². The highest BCUT2D eigenvalue weighted by molar-refractivity contribution is 7.91. The second kappa shape index (κ2) is 10.4. The van der Waals surface area contributed by atoms with Gasteiger partial charge in [-0.25, -0.2) is 8.42 Å². The van der Waals surface area contributed by atoms with E-state index < -0.39 is 10.0 Å². The van der Waals surface area contributed by atoms with E-state index in [1.807, 2.05) is 18.4 Å². The van der Waals surface area contributed by atoms with Crippen molar-refractivity contribution in [3.05, 3.63) is 45.0 Å². The van der Waals surface area contributed by atoms with Crippen molar-refractivity contribution in [3.8, 4) is 0 Å². The molecule has 0 bridgehead atoms. The molecule has 33 heavy (non-hydrogen) atoms. The number of hydrogen-bond donors (Lipinski definition) is 0. The van der Waals surface area contributed by atoms with Gasteiger partial charge < -0.3 is 9.30 Å². The number of fused-ring (bicyclic) bond motifs is 1. The Morgan fingerprint density at radius 1 is 1.21 bits per heavy atom. The second-order valence-electron chi connectivity index (χ2n) is 7.89. The maximum atomic E-state index is 13.0. The number of halogens is 1. The molecule has 1 aromatic carbocycles. The Kier molecular flexibility index (Phi) is 7.72. The molecule has 0 aliphatic carbocycles. The van der Waals surface area contributed by atoms with Gasteiger partial charge in [0.15, 0.2) is 4.80 Å². The minimum absolute atomic E-state index is 0.195. The van der Waals surface area contributed by atoms with Crippen molar-refractivity contribution in [2.75, 3.05) is 26.3 Å². The van der Waals surface area contributed by atoms with Crippen LogP contribution in [0.15, 0.2) is 39.5 Å². The van der Waals surface area contributed by atoms with Crippen LogP contribution < -0.4 is 4.80 Å². The van der Waals surface area contributed by atoms with E-state index in [0.29, 0.717) is 54.8 Å². The summed E-state index contributed by atoms with van der Waals surface area (Å²) in [6.45, 7) is 6.36. The third-order valence-corrected chi connectivity index (χ3v) is 10.3. The van der Waals surface area contributed by atoms with Crippen LogP contribution in [0.4, 0.5) is 0 Å². The standard InChI is InChI=1S/C22H26ClN3O4S3/c1-3-30-13-12-26-17-5-4-15(2)14-18(17)31-22(26)24-21(27)16-8-10-25(11-9-16)33(28,29)20-7-6-19(23)32-20/h4-7,14,16H,3,8-13H2,1-2H3. The Hall–Kier alpha value is -1.56. The Balaban J connectivity index is 1.52. The number of nitrogens with zero attached hydrogens (tertiary/aromatic N) is 3. The number of carbonyl (C=O) groups is 1. The lowest BCUT2D eigenvalue weighted by atomic mass is 9.98. The van der Waals surface area contributed by atoms with Crippen LogP contribution in [0.25, 0.3) is 10.2 Å². The maximum absolute atomic E-state index is 13.0. The summed E-state index contributed by atoms with van der Waals surface area (Å²) >= 11 is 8.45. The Morgan fingerprint density at radius 3 is 2.64 bits per heavy atom. The molecule has 0 unspecified atom stereocenters. The minimum atomic E-state index is -3.58. The van der Waals surface area contributed by atoms with Crippen molar-refractivity contribution >= 4 is 60.4 Å². The molecule has 11 heteroatoms. The van der Waals surface area contributed by atoms with E-state index >= 15 is 0 Å². The summed E-state index contributed by atoms with van der Waals surface area (Å²) in [6, 6.07) is 9.31. The minimum Gasteiger partial charge on any atom is -0.380 e. The summed E-state index contributed by atoms with van der Waals surface area (Å²) in [7, 11) is -3.58. The van der Waals surface area contributed by atoms with Crippen molar-refractivity contribution in [1.82, 2.24) is 8.87 Å². The predicted molar refractivity (Wildman–Crippen MR) is 132 cm³/mol. The molecular formula is C22H26ClN3O4S3. The molecule has 0 atom stereocenters. The number of thiazole rings is 1. The molecule has 1 saturated heterocycles. The highest BCUT2D eigenvalue weighted by Crippen LogP contribution is 2.31.